The van der Waals surface area contributed by atoms with E-state index in [-0.39, 0.29) is 5.91 Å². The molecule has 19 heavy (non-hydrogen) atoms. The number of halogens is 1. The predicted molar refractivity (Wildman–Crippen MR) is 81.7 cm³/mol. The lowest BCUT2D eigenvalue weighted by molar-refractivity contribution is -0.116. The van der Waals surface area contributed by atoms with Gasteiger partial charge in [0.2, 0.25) is 5.91 Å². The molecule has 0 aromatic heterocycles. The van der Waals surface area contributed by atoms with Crippen molar-refractivity contribution in [2.45, 2.75) is 32.7 Å². The first-order valence-corrected chi connectivity index (χ1v) is 7.19. The third kappa shape index (κ3) is 6.07. The number of methoxy groups -OCH3 is 1. The summed E-state index contributed by atoms with van der Waals surface area (Å²) in [5.74, 6) is 0.736. The Bertz CT molecular complexity index is 422. The molecule has 4 nitrogen and oxygen atoms in total. The molecule has 0 atom stereocenters. The maximum atomic E-state index is 11.8. The minimum atomic E-state index is 0.0134. The van der Waals surface area contributed by atoms with Gasteiger partial charge in [-0.1, -0.05) is 13.8 Å². The lowest BCUT2D eigenvalue weighted by Gasteiger charge is -2.10. The molecule has 106 valence electrons. The van der Waals surface area contributed by atoms with Crippen molar-refractivity contribution in [1.82, 2.24) is 5.32 Å². The van der Waals surface area contributed by atoms with Crippen LogP contribution in [0.25, 0.3) is 0 Å². The van der Waals surface area contributed by atoms with Crippen LogP contribution < -0.4 is 15.4 Å². The van der Waals surface area contributed by atoms with Gasteiger partial charge in [0.1, 0.15) is 5.75 Å². The Morgan fingerprint density at radius 1 is 1.42 bits per heavy atom. The minimum absolute atomic E-state index is 0.0134. The topological polar surface area (TPSA) is 50.4 Å². The van der Waals surface area contributed by atoms with Crippen LogP contribution in [0.4, 0.5) is 5.69 Å². The van der Waals surface area contributed by atoms with Gasteiger partial charge in [0.25, 0.3) is 0 Å². The Morgan fingerprint density at radius 2 is 2.16 bits per heavy atom. The molecule has 0 bridgehead atoms. The van der Waals surface area contributed by atoms with Crippen molar-refractivity contribution >= 4 is 27.5 Å². The van der Waals surface area contributed by atoms with Crippen LogP contribution in [0.5, 0.6) is 5.75 Å². The number of nitrogens with one attached hydrogen (secondary N) is 2. The van der Waals surface area contributed by atoms with E-state index in [1.54, 1.807) is 13.2 Å². The summed E-state index contributed by atoms with van der Waals surface area (Å²) >= 11 is 3.41. The molecule has 1 rings (SSSR count). The second kappa shape index (κ2) is 8.17. The van der Waals surface area contributed by atoms with E-state index in [1.165, 1.54) is 0 Å². The van der Waals surface area contributed by atoms with E-state index in [2.05, 4.69) is 40.4 Å². The Morgan fingerprint density at radius 3 is 2.79 bits per heavy atom. The smallest absolute Gasteiger partial charge is 0.224 e. The maximum absolute atomic E-state index is 11.8. The van der Waals surface area contributed by atoms with Gasteiger partial charge in [-0.2, -0.15) is 0 Å². The molecule has 0 fully saturated rings. The molecule has 1 aromatic carbocycles. The molecule has 0 spiro atoms. The first-order chi connectivity index (χ1) is 9.02. The van der Waals surface area contributed by atoms with Gasteiger partial charge in [-0.25, -0.2) is 0 Å². The number of benzene rings is 1. The largest absolute Gasteiger partial charge is 0.497 e. The van der Waals surface area contributed by atoms with Gasteiger partial charge in [-0.15, -0.1) is 0 Å². The fraction of sp³-hybridized carbons (Fsp3) is 0.500. The van der Waals surface area contributed by atoms with Crippen LogP contribution in [-0.2, 0) is 4.79 Å². The minimum Gasteiger partial charge on any atom is -0.497 e. The standard InChI is InChI=1S/C14H21BrN2O2/c1-10(2)16-8-4-5-14(18)17-13-9-11(19-3)6-7-12(13)15/h6-7,9-10,16H,4-5,8H2,1-3H3,(H,17,18). The fourth-order valence-electron chi connectivity index (χ4n) is 1.58. The second-order valence-electron chi connectivity index (χ2n) is 4.61. The molecule has 2 N–H and O–H groups in total. The van der Waals surface area contributed by atoms with Gasteiger partial charge in [0.05, 0.1) is 12.8 Å². The van der Waals surface area contributed by atoms with Crippen LogP contribution in [0, 0.1) is 0 Å². The summed E-state index contributed by atoms with van der Waals surface area (Å²) in [5, 5.41) is 6.16. The molecule has 1 aromatic rings. The third-order valence-corrected chi connectivity index (χ3v) is 3.27. The Hall–Kier alpha value is -1.07. The van der Waals surface area contributed by atoms with Crippen molar-refractivity contribution in [3.63, 3.8) is 0 Å². The van der Waals surface area contributed by atoms with Crippen molar-refractivity contribution in [1.29, 1.82) is 0 Å². The molecule has 0 aliphatic rings. The Labute approximate surface area is 123 Å². The Kier molecular flexibility index (Phi) is 6.87. The second-order valence-corrected chi connectivity index (χ2v) is 5.46. The predicted octanol–water partition coefficient (Wildman–Crippen LogP) is 3.17. The highest BCUT2D eigenvalue weighted by Crippen LogP contribution is 2.27. The lowest BCUT2D eigenvalue weighted by Crippen LogP contribution is -2.24. The van der Waals surface area contributed by atoms with Gasteiger partial charge >= 0.3 is 0 Å². The van der Waals surface area contributed by atoms with Crippen LogP contribution in [-0.4, -0.2) is 25.6 Å². The molecule has 0 aliphatic carbocycles. The average molecular weight is 329 g/mol. The van der Waals surface area contributed by atoms with Gasteiger partial charge in [-0.3, -0.25) is 4.79 Å². The van der Waals surface area contributed by atoms with Crippen molar-refractivity contribution in [3.8, 4) is 5.75 Å². The van der Waals surface area contributed by atoms with Gasteiger partial charge in [0.15, 0.2) is 0 Å². The van der Waals surface area contributed by atoms with Crippen molar-refractivity contribution in [2.24, 2.45) is 0 Å². The summed E-state index contributed by atoms with van der Waals surface area (Å²) in [6.07, 6.45) is 1.33. The molecule has 0 heterocycles. The quantitative estimate of drug-likeness (QED) is 0.756. The van der Waals surface area contributed by atoms with Crippen LogP contribution in [0.3, 0.4) is 0 Å². The number of ether oxygens (including phenoxy) is 1. The summed E-state index contributed by atoms with van der Waals surface area (Å²) in [6, 6.07) is 5.95. The van der Waals surface area contributed by atoms with Crippen LogP contribution in [0.1, 0.15) is 26.7 Å². The maximum Gasteiger partial charge on any atom is 0.224 e. The van der Waals surface area contributed by atoms with Gasteiger partial charge < -0.3 is 15.4 Å². The Balaban J connectivity index is 2.43. The van der Waals surface area contributed by atoms with Gasteiger partial charge in [0, 0.05) is 23.0 Å². The molecule has 0 saturated heterocycles. The van der Waals surface area contributed by atoms with E-state index in [0.717, 1.165) is 28.9 Å². The summed E-state index contributed by atoms with van der Waals surface area (Å²) in [5.41, 5.74) is 0.737. The zero-order valence-corrected chi connectivity index (χ0v) is 13.2. The normalized spacial score (nSPS) is 10.6. The van der Waals surface area contributed by atoms with Gasteiger partial charge in [-0.05, 0) is 41.0 Å². The first kappa shape index (κ1) is 16.0. The zero-order valence-electron chi connectivity index (χ0n) is 11.6. The molecule has 1 amide bonds. The summed E-state index contributed by atoms with van der Waals surface area (Å²) in [7, 11) is 1.60. The molecular weight excluding hydrogens is 308 g/mol. The number of rotatable bonds is 7. The van der Waals surface area contributed by atoms with E-state index in [4.69, 9.17) is 4.74 Å². The van der Waals surface area contributed by atoms with Crippen LogP contribution in [0.2, 0.25) is 0 Å². The number of amides is 1. The summed E-state index contributed by atoms with van der Waals surface area (Å²) in [4.78, 5) is 11.8. The lowest BCUT2D eigenvalue weighted by atomic mass is 10.2. The van der Waals surface area contributed by atoms with Crippen molar-refractivity contribution < 1.29 is 9.53 Å². The number of anilines is 1. The number of carbonyl (C=O) groups is 1. The third-order valence-electron chi connectivity index (χ3n) is 2.58. The molecule has 0 radical (unpaired) electrons. The highest BCUT2D eigenvalue weighted by Gasteiger charge is 2.07. The number of hydrogen-bond acceptors (Lipinski definition) is 3. The molecule has 0 saturated carbocycles. The highest BCUT2D eigenvalue weighted by molar-refractivity contribution is 9.10. The first-order valence-electron chi connectivity index (χ1n) is 6.39. The van der Waals surface area contributed by atoms with E-state index in [9.17, 15) is 4.79 Å². The van der Waals surface area contributed by atoms with E-state index in [0.29, 0.717) is 12.5 Å². The molecule has 0 unspecified atom stereocenters. The van der Waals surface area contributed by atoms with E-state index < -0.39 is 0 Å². The zero-order chi connectivity index (χ0) is 14.3. The SMILES string of the molecule is COc1ccc(Br)c(NC(=O)CCCNC(C)C)c1. The monoisotopic (exact) mass is 328 g/mol. The van der Waals surface area contributed by atoms with E-state index >= 15 is 0 Å². The average Bonchev–Trinajstić information content (AvgIpc) is 2.37. The number of carbonyl (C=O) groups excluding carboxylic acids is 1. The molecule has 5 heteroatoms. The van der Waals surface area contributed by atoms with Crippen molar-refractivity contribution in [2.75, 3.05) is 19.0 Å². The van der Waals surface area contributed by atoms with Crippen molar-refractivity contribution in [3.05, 3.63) is 22.7 Å². The summed E-state index contributed by atoms with van der Waals surface area (Å²) in [6.45, 7) is 5.03. The van der Waals surface area contributed by atoms with E-state index in [1.807, 2.05) is 12.1 Å². The van der Waals surface area contributed by atoms with Crippen LogP contribution in [0.15, 0.2) is 22.7 Å². The van der Waals surface area contributed by atoms with Crippen LogP contribution >= 0.6 is 15.9 Å². The molecule has 0 aliphatic heterocycles. The summed E-state index contributed by atoms with van der Waals surface area (Å²) < 4.78 is 5.98. The highest BCUT2D eigenvalue weighted by atomic mass is 79.9. The molecular formula is C14H21BrN2O2. The fourth-order valence-corrected chi connectivity index (χ4v) is 1.93. The number of hydrogen-bond donors (Lipinski definition) is 2.